The molecule has 1 N–H and O–H groups in total. The quantitative estimate of drug-likeness (QED) is 0.915. The lowest BCUT2D eigenvalue weighted by Crippen LogP contribution is -2.59. The highest BCUT2D eigenvalue weighted by Crippen LogP contribution is 2.36. The topological polar surface area (TPSA) is 33.1 Å². The van der Waals surface area contributed by atoms with Gasteiger partial charge in [-0.2, -0.15) is 5.10 Å². The minimum Gasteiger partial charge on any atom is -0.363 e. The van der Waals surface area contributed by atoms with Gasteiger partial charge in [0, 0.05) is 38.4 Å². The largest absolute Gasteiger partial charge is 0.363 e. The number of piperazine rings is 1. The minimum absolute atomic E-state index is 0.583. The van der Waals surface area contributed by atoms with Gasteiger partial charge in [0.15, 0.2) is 0 Å². The molecule has 0 aromatic carbocycles. The summed E-state index contributed by atoms with van der Waals surface area (Å²) in [5.74, 6) is 1.57. The van der Waals surface area contributed by atoms with Crippen LogP contribution in [0.25, 0.3) is 0 Å². The summed E-state index contributed by atoms with van der Waals surface area (Å²) in [5.41, 5.74) is 2.61. The normalized spacial score (nSPS) is 27.4. The molecule has 0 amide bonds. The number of hydrogen-bond donors (Lipinski definition) is 1. The fraction of sp³-hybridized carbons (Fsp3) is 0.812. The molecule has 1 aliphatic carbocycles. The van der Waals surface area contributed by atoms with Crippen LogP contribution in [0.1, 0.15) is 39.3 Å². The molecule has 1 saturated carbocycles. The predicted molar refractivity (Wildman–Crippen MR) is 83.1 cm³/mol. The van der Waals surface area contributed by atoms with Crippen LogP contribution < -0.4 is 10.2 Å². The predicted octanol–water partition coefficient (Wildman–Crippen LogP) is 2.20. The Bertz CT molecular complexity index is 461. The van der Waals surface area contributed by atoms with Crippen LogP contribution in [-0.4, -0.2) is 35.0 Å². The first-order chi connectivity index (χ1) is 9.60. The summed E-state index contributed by atoms with van der Waals surface area (Å²) >= 11 is 0. The maximum Gasteiger partial charge on any atom is 0.0855 e. The molecule has 0 spiro atoms. The van der Waals surface area contributed by atoms with Crippen molar-refractivity contribution in [3.63, 3.8) is 0 Å². The van der Waals surface area contributed by atoms with E-state index in [4.69, 9.17) is 0 Å². The van der Waals surface area contributed by atoms with Crippen LogP contribution in [0.5, 0.6) is 0 Å². The lowest BCUT2D eigenvalue weighted by molar-refractivity contribution is 0.320. The molecule has 0 radical (unpaired) electrons. The molecule has 2 aliphatic rings. The molecule has 1 aromatic rings. The highest BCUT2D eigenvalue weighted by molar-refractivity contribution is 5.51. The average molecular weight is 276 g/mol. The molecular weight excluding hydrogens is 248 g/mol. The Kier molecular flexibility index (Phi) is 3.76. The molecule has 20 heavy (non-hydrogen) atoms. The molecule has 2 unspecified atom stereocenters. The first-order valence-electron chi connectivity index (χ1n) is 8.12. The average Bonchev–Trinajstić information content (AvgIpc) is 3.21. The van der Waals surface area contributed by atoms with Gasteiger partial charge in [-0.3, -0.25) is 4.68 Å². The summed E-state index contributed by atoms with van der Waals surface area (Å²) in [7, 11) is 2.04. The van der Waals surface area contributed by atoms with Crippen molar-refractivity contribution in [2.45, 2.75) is 52.1 Å². The third-order valence-electron chi connectivity index (χ3n) is 4.87. The van der Waals surface area contributed by atoms with Crippen molar-refractivity contribution >= 4 is 5.69 Å². The van der Waals surface area contributed by atoms with Gasteiger partial charge in [-0.1, -0.05) is 20.8 Å². The monoisotopic (exact) mass is 276 g/mol. The van der Waals surface area contributed by atoms with Gasteiger partial charge in [0.1, 0.15) is 0 Å². The Morgan fingerprint density at radius 3 is 2.75 bits per heavy atom. The Labute approximate surface area is 122 Å². The summed E-state index contributed by atoms with van der Waals surface area (Å²) in [5, 5.41) is 8.43. The lowest BCUT2D eigenvalue weighted by atomic mass is 9.96. The standard InChI is InChI=1S/C16H28N4/c1-5-13-16(10-19(4)18-13)20-9-14(12-6-7-12)17-8-15(20)11(2)3/h10-12,14-15,17H,5-9H2,1-4H3. The van der Waals surface area contributed by atoms with E-state index in [0.717, 1.165) is 25.4 Å². The van der Waals surface area contributed by atoms with Crippen LogP contribution in [0.3, 0.4) is 0 Å². The SMILES string of the molecule is CCc1nn(C)cc1N1CC(C2CC2)NCC1C(C)C. The third kappa shape index (κ3) is 2.58. The van der Waals surface area contributed by atoms with Gasteiger partial charge in [0.05, 0.1) is 11.4 Å². The smallest absolute Gasteiger partial charge is 0.0855 e. The van der Waals surface area contributed by atoms with E-state index >= 15 is 0 Å². The zero-order valence-electron chi connectivity index (χ0n) is 13.3. The maximum absolute atomic E-state index is 4.64. The van der Waals surface area contributed by atoms with E-state index in [1.807, 2.05) is 11.7 Å². The van der Waals surface area contributed by atoms with Gasteiger partial charge in [0.2, 0.25) is 0 Å². The first-order valence-corrected chi connectivity index (χ1v) is 8.12. The summed E-state index contributed by atoms with van der Waals surface area (Å²) < 4.78 is 1.97. The fourth-order valence-electron chi connectivity index (χ4n) is 3.49. The second-order valence-corrected chi connectivity index (χ2v) is 6.80. The van der Waals surface area contributed by atoms with Crippen molar-refractivity contribution in [3.8, 4) is 0 Å². The zero-order chi connectivity index (χ0) is 14.3. The lowest BCUT2D eigenvalue weighted by Gasteiger charge is -2.44. The maximum atomic E-state index is 4.64. The van der Waals surface area contributed by atoms with Gasteiger partial charge in [-0.05, 0) is 31.1 Å². The molecule has 2 heterocycles. The molecule has 1 aliphatic heterocycles. The van der Waals surface area contributed by atoms with E-state index in [1.165, 1.54) is 24.2 Å². The van der Waals surface area contributed by atoms with Crippen molar-refractivity contribution in [2.75, 3.05) is 18.0 Å². The third-order valence-corrected chi connectivity index (χ3v) is 4.87. The summed E-state index contributed by atoms with van der Waals surface area (Å²) in [6.45, 7) is 9.12. The molecule has 4 heteroatoms. The van der Waals surface area contributed by atoms with Gasteiger partial charge in [-0.25, -0.2) is 0 Å². The molecular formula is C16H28N4. The second kappa shape index (κ2) is 5.40. The Balaban J connectivity index is 1.87. The van der Waals surface area contributed by atoms with Crippen molar-refractivity contribution in [3.05, 3.63) is 11.9 Å². The molecule has 1 saturated heterocycles. The van der Waals surface area contributed by atoms with Gasteiger partial charge < -0.3 is 10.2 Å². The van der Waals surface area contributed by atoms with Crippen LogP contribution in [0.4, 0.5) is 5.69 Å². The van der Waals surface area contributed by atoms with Crippen molar-refractivity contribution in [1.82, 2.24) is 15.1 Å². The highest BCUT2D eigenvalue weighted by atomic mass is 15.3. The number of rotatable bonds is 4. The Morgan fingerprint density at radius 1 is 1.40 bits per heavy atom. The van der Waals surface area contributed by atoms with Crippen LogP contribution in [0, 0.1) is 11.8 Å². The molecule has 112 valence electrons. The summed E-state index contributed by atoms with van der Waals surface area (Å²) in [6.07, 6.45) is 6.04. The van der Waals surface area contributed by atoms with Crippen LogP contribution in [0.2, 0.25) is 0 Å². The number of aryl methyl sites for hydroxylation is 2. The second-order valence-electron chi connectivity index (χ2n) is 6.80. The van der Waals surface area contributed by atoms with Gasteiger partial charge in [0.25, 0.3) is 0 Å². The van der Waals surface area contributed by atoms with E-state index in [2.05, 4.69) is 42.3 Å². The van der Waals surface area contributed by atoms with Crippen LogP contribution in [-0.2, 0) is 13.5 Å². The zero-order valence-corrected chi connectivity index (χ0v) is 13.3. The van der Waals surface area contributed by atoms with Crippen LogP contribution in [0.15, 0.2) is 6.20 Å². The Hall–Kier alpha value is -1.03. The minimum atomic E-state index is 0.583. The number of hydrogen-bond acceptors (Lipinski definition) is 3. The summed E-state index contributed by atoms with van der Waals surface area (Å²) in [4.78, 5) is 2.63. The van der Waals surface area contributed by atoms with E-state index in [1.54, 1.807) is 0 Å². The van der Waals surface area contributed by atoms with E-state index in [0.29, 0.717) is 18.0 Å². The first kappa shape index (κ1) is 13.9. The van der Waals surface area contributed by atoms with Crippen molar-refractivity contribution in [1.29, 1.82) is 0 Å². The van der Waals surface area contributed by atoms with Crippen molar-refractivity contribution in [2.24, 2.45) is 18.9 Å². The Morgan fingerprint density at radius 2 is 2.15 bits per heavy atom. The van der Waals surface area contributed by atoms with Crippen LogP contribution >= 0.6 is 0 Å². The molecule has 0 bridgehead atoms. The highest BCUT2D eigenvalue weighted by Gasteiger charge is 2.38. The van der Waals surface area contributed by atoms with E-state index < -0.39 is 0 Å². The molecule has 4 nitrogen and oxygen atoms in total. The number of nitrogens with one attached hydrogen (secondary N) is 1. The molecule has 3 rings (SSSR count). The van der Waals surface area contributed by atoms with Gasteiger partial charge >= 0.3 is 0 Å². The fourth-order valence-corrected chi connectivity index (χ4v) is 3.49. The van der Waals surface area contributed by atoms with Crippen molar-refractivity contribution < 1.29 is 0 Å². The van der Waals surface area contributed by atoms with E-state index in [-0.39, 0.29) is 0 Å². The number of nitrogens with zero attached hydrogens (tertiary/aromatic N) is 3. The van der Waals surface area contributed by atoms with E-state index in [9.17, 15) is 0 Å². The summed E-state index contributed by atoms with van der Waals surface area (Å²) in [6, 6.07) is 1.26. The molecule has 2 atom stereocenters. The molecule has 1 aromatic heterocycles. The van der Waals surface area contributed by atoms with Gasteiger partial charge in [-0.15, -0.1) is 0 Å². The number of anilines is 1. The number of aromatic nitrogens is 2. The molecule has 2 fully saturated rings.